The highest BCUT2D eigenvalue weighted by Crippen LogP contribution is 2.39. The van der Waals surface area contributed by atoms with Crippen LogP contribution in [0.15, 0.2) is 12.2 Å². The number of carbonyl (C=O) groups is 2. The molecule has 0 aliphatic heterocycles. The van der Waals surface area contributed by atoms with Crippen LogP contribution in [0.5, 0.6) is 0 Å². The Morgan fingerprint density at radius 1 is 0.607 bits per heavy atom. The minimum Gasteiger partial charge on any atom is -0.463 e. The Kier molecular flexibility index (Phi) is 36.7. The van der Waals surface area contributed by atoms with Crippen molar-refractivity contribution >= 4 is 11.9 Å². The summed E-state index contributed by atoms with van der Waals surface area (Å²) in [6.45, 7) is 9.46. The van der Waals surface area contributed by atoms with E-state index in [0.717, 1.165) is 45.1 Å². The number of hydrogen-bond donors (Lipinski definition) is 0. The van der Waals surface area contributed by atoms with Gasteiger partial charge in [0.05, 0.1) is 13.0 Å². The zero-order chi connectivity index (χ0) is 40.7. The Morgan fingerprint density at radius 2 is 1.11 bits per heavy atom. The number of allylic oxidation sites excluding steroid dienone is 2. The molecule has 0 aromatic rings. The Morgan fingerprint density at radius 3 is 1.61 bits per heavy atom. The standard InChI is InChI=1S/C49H93NO6/c1-6-9-12-14-16-18-20-22-23-25-27-29-32-39-53-42-45(54-40-33-30-28-26-24-21-19-17-15-13-10-7-2)43-55-49(52)41-44-35-36-47(46(44)34-31-11-8-3)56-48(51)37-38-50(4)5/h11,31,44-47H,6-10,12-30,32-43H2,1-5H3/b31-11-. The average Bonchev–Trinajstić information content (AvgIpc) is 3.55. The van der Waals surface area contributed by atoms with Gasteiger partial charge in [-0.2, -0.15) is 0 Å². The number of carbonyl (C=O) groups excluding carboxylic acids is 2. The minimum atomic E-state index is -0.245. The number of nitrogens with zero attached hydrogens (tertiary/aromatic N) is 1. The first-order valence-electron chi connectivity index (χ1n) is 24.2. The molecule has 4 unspecified atom stereocenters. The van der Waals surface area contributed by atoms with Gasteiger partial charge in [-0.25, -0.2) is 0 Å². The van der Waals surface area contributed by atoms with Gasteiger partial charge in [-0.05, 0) is 58.5 Å². The second-order valence-electron chi connectivity index (χ2n) is 17.3. The molecule has 0 bridgehead atoms. The Labute approximate surface area is 347 Å². The number of unbranched alkanes of at least 4 members (excludes halogenated alkanes) is 23. The van der Waals surface area contributed by atoms with Crippen LogP contribution in [0.2, 0.25) is 0 Å². The van der Waals surface area contributed by atoms with Crippen LogP contribution in [-0.4, -0.2) is 76.1 Å². The fourth-order valence-electron chi connectivity index (χ4n) is 8.05. The van der Waals surface area contributed by atoms with Crippen molar-refractivity contribution in [1.29, 1.82) is 0 Å². The van der Waals surface area contributed by atoms with Crippen molar-refractivity contribution in [2.24, 2.45) is 11.8 Å². The van der Waals surface area contributed by atoms with Gasteiger partial charge >= 0.3 is 11.9 Å². The van der Waals surface area contributed by atoms with Crippen molar-refractivity contribution in [3.8, 4) is 0 Å². The molecular formula is C49H93NO6. The van der Waals surface area contributed by atoms with Crippen molar-refractivity contribution < 1.29 is 28.5 Å². The maximum atomic E-state index is 13.2. The van der Waals surface area contributed by atoms with Crippen LogP contribution in [0.4, 0.5) is 0 Å². The topological polar surface area (TPSA) is 74.3 Å². The van der Waals surface area contributed by atoms with E-state index in [0.29, 0.717) is 32.6 Å². The summed E-state index contributed by atoms with van der Waals surface area (Å²) in [6, 6.07) is 0. The van der Waals surface area contributed by atoms with E-state index in [9.17, 15) is 9.59 Å². The Bertz CT molecular complexity index is 909. The lowest BCUT2D eigenvalue weighted by atomic mass is 9.88. The van der Waals surface area contributed by atoms with E-state index in [-0.39, 0.29) is 42.6 Å². The summed E-state index contributed by atoms with van der Waals surface area (Å²) in [7, 11) is 3.93. The number of ether oxygens (including phenoxy) is 4. The van der Waals surface area contributed by atoms with Gasteiger partial charge in [0.25, 0.3) is 0 Å². The maximum Gasteiger partial charge on any atom is 0.307 e. The third-order valence-corrected chi connectivity index (χ3v) is 11.7. The molecule has 0 aromatic heterocycles. The molecule has 0 aromatic carbocycles. The SMILES string of the molecule is CC/C=C\CC1C(CC(=O)OCC(COCCCCCCCCCCCCCCC)OCCCCCCCCCCCCCC)CCC1OC(=O)CCN(C)C. The molecule has 0 N–H and O–H groups in total. The van der Waals surface area contributed by atoms with Gasteiger partial charge in [0.2, 0.25) is 0 Å². The summed E-state index contributed by atoms with van der Waals surface area (Å²) in [4.78, 5) is 27.8. The molecule has 1 fully saturated rings. The molecule has 0 saturated heterocycles. The van der Waals surface area contributed by atoms with Gasteiger partial charge in [0.1, 0.15) is 18.8 Å². The summed E-state index contributed by atoms with van der Waals surface area (Å²) < 4.78 is 24.2. The molecule has 7 heteroatoms. The van der Waals surface area contributed by atoms with Crippen molar-refractivity contribution in [3.05, 3.63) is 12.2 Å². The average molecular weight is 792 g/mol. The highest BCUT2D eigenvalue weighted by molar-refractivity contribution is 5.70. The number of esters is 2. The predicted molar refractivity (Wildman–Crippen MR) is 236 cm³/mol. The lowest BCUT2D eigenvalue weighted by molar-refractivity contribution is -0.152. The second kappa shape index (κ2) is 39.0. The van der Waals surface area contributed by atoms with Gasteiger partial charge in [-0.15, -0.1) is 0 Å². The van der Waals surface area contributed by atoms with E-state index in [1.54, 1.807) is 0 Å². The van der Waals surface area contributed by atoms with Crippen molar-refractivity contribution in [3.63, 3.8) is 0 Å². The minimum absolute atomic E-state index is 0.134. The van der Waals surface area contributed by atoms with E-state index in [1.165, 1.54) is 148 Å². The van der Waals surface area contributed by atoms with Crippen molar-refractivity contribution in [2.45, 2.75) is 232 Å². The highest BCUT2D eigenvalue weighted by atomic mass is 16.6. The van der Waals surface area contributed by atoms with Gasteiger partial charge < -0.3 is 23.8 Å². The van der Waals surface area contributed by atoms with Crippen LogP contribution < -0.4 is 0 Å². The molecule has 1 aliphatic carbocycles. The molecule has 1 rings (SSSR count). The van der Waals surface area contributed by atoms with E-state index >= 15 is 0 Å². The molecule has 0 heterocycles. The van der Waals surface area contributed by atoms with Crippen LogP contribution in [-0.2, 0) is 28.5 Å². The first-order chi connectivity index (χ1) is 27.4. The fourth-order valence-corrected chi connectivity index (χ4v) is 8.05. The largest absolute Gasteiger partial charge is 0.463 e. The summed E-state index contributed by atoms with van der Waals surface area (Å²) in [5.41, 5.74) is 0. The molecule has 0 amide bonds. The lowest BCUT2D eigenvalue weighted by Gasteiger charge is -2.24. The third kappa shape index (κ3) is 31.5. The monoisotopic (exact) mass is 792 g/mol. The van der Waals surface area contributed by atoms with E-state index in [4.69, 9.17) is 18.9 Å². The Balaban J connectivity index is 2.47. The molecule has 7 nitrogen and oxygen atoms in total. The molecule has 0 radical (unpaired) electrons. The second-order valence-corrected chi connectivity index (χ2v) is 17.3. The highest BCUT2D eigenvalue weighted by Gasteiger charge is 2.39. The van der Waals surface area contributed by atoms with Crippen LogP contribution in [0, 0.1) is 11.8 Å². The lowest BCUT2D eigenvalue weighted by Crippen LogP contribution is -2.30. The zero-order valence-electron chi connectivity index (χ0n) is 37.8. The molecule has 1 aliphatic rings. The first kappa shape index (κ1) is 52.6. The van der Waals surface area contributed by atoms with Crippen molar-refractivity contribution in [2.75, 3.05) is 47.1 Å². The third-order valence-electron chi connectivity index (χ3n) is 11.7. The molecule has 1 saturated carbocycles. The zero-order valence-corrected chi connectivity index (χ0v) is 37.8. The summed E-state index contributed by atoms with van der Waals surface area (Å²) in [5.74, 6) is -0.0594. The molecule has 330 valence electrons. The molecule has 4 atom stereocenters. The summed E-state index contributed by atoms with van der Waals surface area (Å²) in [6.07, 6.45) is 41.3. The van der Waals surface area contributed by atoms with Gasteiger partial charge in [-0.3, -0.25) is 9.59 Å². The van der Waals surface area contributed by atoms with Crippen LogP contribution >= 0.6 is 0 Å². The van der Waals surface area contributed by atoms with Crippen LogP contribution in [0.25, 0.3) is 0 Å². The van der Waals surface area contributed by atoms with Gasteiger partial charge in [0, 0.05) is 32.1 Å². The fraction of sp³-hybridized carbons (Fsp3) is 0.918. The Hall–Kier alpha value is -1.44. The van der Waals surface area contributed by atoms with E-state index < -0.39 is 0 Å². The molecule has 0 spiro atoms. The number of hydrogen-bond acceptors (Lipinski definition) is 7. The normalized spacial score (nSPS) is 17.6. The maximum absolute atomic E-state index is 13.2. The van der Waals surface area contributed by atoms with Gasteiger partial charge in [0.15, 0.2) is 0 Å². The number of rotatable bonds is 41. The first-order valence-corrected chi connectivity index (χ1v) is 24.2. The van der Waals surface area contributed by atoms with E-state index in [1.807, 2.05) is 19.0 Å². The predicted octanol–water partition coefficient (Wildman–Crippen LogP) is 13.4. The van der Waals surface area contributed by atoms with Gasteiger partial charge in [-0.1, -0.05) is 181 Å². The smallest absolute Gasteiger partial charge is 0.307 e. The molecule has 56 heavy (non-hydrogen) atoms. The van der Waals surface area contributed by atoms with Crippen LogP contribution in [0.1, 0.15) is 220 Å². The van der Waals surface area contributed by atoms with E-state index in [2.05, 4.69) is 32.9 Å². The molecular weight excluding hydrogens is 699 g/mol. The summed E-state index contributed by atoms with van der Waals surface area (Å²) in [5, 5.41) is 0. The van der Waals surface area contributed by atoms with Crippen molar-refractivity contribution in [1.82, 2.24) is 4.90 Å². The summed E-state index contributed by atoms with van der Waals surface area (Å²) >= 11 is 0. The quantitative estimate of drug-likeness (QED) is 0.0347. The van der Waals surface area contributed by atoms with Crippen LogP contribution in [0.3, 0.4) is 0 Å².